The molecule has 3 aromatic carbocycles. The Kier molecular flexibility index (Phi) is 8.06. The third kappa shape index (κ3) is 5.77. The van der Waals surface area contributed by atoms with Crippen LogP contribution in [0.5, 0.6) is 5.75 Å². The molecule has 1 aliphatic rings. The summed E-state index contributed by atoms with van der Waals surface area (Å²) in [5, 5.41) is 12.2. The van der Waals surface area contributed by atoms with Gasteiger partial charge in [-0.15, -0.1) is 0 Å². The van der Waals surface area contributed by atoms with E-state index in [-0.39, 0.29) is 6.10 Å². The molecule has 1 amide bonds. The zero-order valence-electron chi connectivity index (χ0n) is 21.0. The summed E-state index contributed by atoms with van der Waals surface area (Å²) in [6, 6.07) is 18.7. The molecule has 6 heteroatoms. The average molecular weight is 488 g/mol. The van der Waals surface area contributed by atoms with Gasteiger partial charge < -0.3 is 19.9 Å². The molecule has 0 aromatic heterocycles. The van der Waals surface area contributed by atoms with Crippen LogP contribution >= 0.6 is 0 Å². The lowest BCUT2D eigenvalue weighted by Gasteiger charge is -2.18. The van der Waals surface area contributed by atoms with Crippen molar-refractivity contribution in [3.63, 3.8) is 0 Å². The van der Waals surface area contributed by atoms with Crippen LogP contribution in [0.25, 0.3) is 11.1 Å². The highest BCUT2D eigenvalue weighted by Gasteiger charge is 2.22. The van der Waals surface area contributed by atoms with Gasteiger partial charge in [0.1, 0.15) is 11.8 Å². The second-order valence-corrected chi connectivity index (χ2v) is 9.27. The fraction of sp³-hybridized carbons (Fsp3) is 0.333. The number of carboxylic acid groups (broad SMARTS) is 1. The average Bonchev–Trinajstić information content (AvgIpc) is 3.35. The number of carbonyl (C=O) groups excluding carboxylic acids is 1. The van der Waals surface area contributed by atoms with Crippen molar-refractivity contribution >= 4 is 11.9 Å². The number of carboxylic acids is 1. The van der Waals surface area contributed by atoms with Crippen molar-refractivity contribution in [3.05, 3.63) is 88.5 Å². The van der Waals surface area contributed by atoms with Gasteiger partial charge in [-0.1, -0.05) is 49.7 Å². The molecule has 3 aromatic rings. The summed E-state index contributed by atoms with van der Waals surface area (Å²) in [6.45, 7) is 7.02. The van der Waals surface area contributed by atoms with Crippen molar-refractivity contribution in [2.75, 3.05) is 6.61 Å². The number of amides is 1. The summed E-state index contributed by atoms with van der Waals surface area (Å²) in [4.78, 5) is 24.8. The predicted octanol–water partition coefficient (Wildman–Crippen LogP) is 5.86. The Labute approximate surface area is 212 Å². The minimum atomic E-state index is -1.03. The Morgan fingerprint density at radius 1 is 1.08 bits per heavy atom. The third-order valence-corrected chi connectivity index (χ3v) is 6.63. The summed E-state index contributed by atoms with van der Waals surface area (Å²) in [5.41, 5.74) is 6.41. The van der Waals surface area contributed by atoms with Crippen molar-refractivity contribution in [1.82, 2.24) is 5.32 Å². The monoisotopic (exact) mass is 487 g/mol. The molecule has 4 rings (SSSR count). The highest BCUT2D eigenvalue weighted by atomic mass is 16.5. The first-order valence-electron chi connectivity index (χ1n) is 12.5. The Morgan fingerprint density at radius 3 is 2.64 bits per heavy atom. The first-order chi connectivity index (χ1) is 17.4. The van der Waals surface area contributed by atoms with E-state index in [1.165, 1.54) is 5.56 Å². The van der Waals surface area contributed by atoms with Crippen molar-refractivity contribution in [2.45, 2.75) is 58.8 Å². The molecule has 2 unspecified atom stereocenters. The van der Waals surface area contributed by atoms with Crippen LogP contribution in [0.1, 0.15) is 65.4 Å². The zero-order valence-corrected chi connectivity index (χ0v) is 21.0. The number of rotatable bonds is 10. The Morgan fingerprint density at radius 2 is 1.89 bits per heavy atom. The maximum atomic E-state index is 13.2. The first kappa shape index (κ1) is 25.5. The molecule has 36 heavy (non-hydrogen) atoms. The van der Waals surface area contributed by atoms with Crippen molar-refractivity contribution < 1.29 is 24.2 Å². The lowest BCUT2D eigenvalue weighted by molar-refractivity contribution is -0.139. The van der Waals surface area contributed by atoms with Crippen LogP contribution in [-0.4, -0.2) is 29.6 Å². The summed E-state index contributed by atoms with van der Waals surface area (Å²) in [5.74, 6) is -0.471. The van der Waals surface area contributed by atoms with Gasteiger partial charge in [0.15, 0.2) is 0 Å². The van der Waals surface area contributed by atoms with E-state index in [2.05, 4.69) is 11.4 Å². The molecular formula is C30H33NO5. The number of benzene rings is 3. The molecule has 0 bridgehead atoms. The molecule has 6 nitrogen and oxygen atoms in total. The number of ether oxygens (including phenoxy) is 2. The van der Waals surface area contributed by atoms with E-state index in [0.29, 0.717) is 25.0 Å². The predicted molar refractivity (Wildman–Crippen MR) is 139 cm³/mol. The molecule has 2 atom stereocenters. The SMILES string of the molecule is CCCC(NC(=O)c1ccc(COC(C)c2ccc3c(c2)CCO3)cc1-c1ccccc1C)C(=O)O. The number of carbonyl (C=O) groups is 2. The van der Waals surface area contributed by atoms with Gasteiger partial charge in [-0.05, 0) is 77.9 Å². The second kappa shape index (κ2) is 11.4. The maximum absolute atomic E-state index is 13.2. The fourth-order valence-corrected chi connectivity index (χ4v) is 4.54. The van der Waals surface area contributed by atoms with Gasteiger partial charge in [0.25, 0.3) is 5.91 Å². The van der Waals surface area contributed by atoms with Gasteiger partial charge in [-0.3, -0.25) is 4.79 Å². The minimum absolute atomic E-state index is 0.105. The van der Waals surface area contributed by atoms with Gasteiger partial charge in [0.05, 0.1) is 19.3 Å². The molecule has 1 heterocycles. The molecule has 2 N–H and O–H groups in total. The normalized spacial score (nSPS) is 14.0. The lowest BCUT2D eigenvalue weighted by Crippen LogP contribution is -2.40. The van der Waals surface area contributed by atoms with Crippen molar-refractivity contribution in [2.24, 2.45) is 0 Å². The zero-order chi connectivity index (χ0) is 25.7. The van der Waals surface area contributed by atoms with Crippen LogP contribution in [0.4, 0.5) is 0 Å². The topological polar surface area (TPSA) is 84.9 Å². The van der Waals surface area contributed by atoms with E-state index < -0.39 is 17.9 Å². The largest absolute Gasteiger partial charge is 0.493 e. The standard InChI is InChI=1S/C30H33NO5/c1-4-7-27(30(33)34)31-29(32)25-12-10-21(16-26(25)24-9-6-5-8-19(24)2)18-36-20(3)22-11-13-28-23(17-22)14-15-35-28/h5-6,8-13,16-17,20,27H,4,7,14-15,18H2,1-3H3,(H,31,32)(H,33,34). The van der Waals surface area contributed by atoms with Crippen LogP contribution < -0.4 is 10.1 Å². The summed E-state index contributed by atoms with van der Waals surface area (Å²) in [6.07, 6.45) is 1.85. The number of nitrogens with one attached hydrogen (secondary N) is 1. The molecule has 1 aliphatic heterocycles. The molecule has 0 saturated heterocycles. The number of hydrogen-bond acceptors (Lipinski definition) is 4. The van der Waals surface area contributed by atoms with Crippen LogP contribution in [0.3, 0.4) is 0 Å². The molecule has 0 saturated carbocycles. The molecule has 0 spiro atoms. The Bertz CT molecular complexity index is 1250. The molecular weight excluding hydrogens is 454 g/mol. The van der Waals surface area contributed by atoms with Crippen LogP contribution in [0.2, 0.25) is 0 Å². The van der Waals surface area contributed by atoms with Crippen molar-refractivity contribution in [3.8, 4) is 16.9 Å². The fourth-order valence-electron chi connectivity index (χ4n) is 4.54. The summed E-state index contributed by atoms with van der Waals surface area (Å²) < 4.78 is 11.8. The van der Waals surface area contributed by atoms with E-state index >= 15 is 0 Å². The highest BCUT2D eigenvalue weighted by molar-refractivity contribution is 6.02. The number of fused-ring (bicyclic) bond motifs is 1. The maximum Gasteiger partial charge on any atom is 0.326 e. The molecule has 0 radical (unpaired) electrons. The summed E-state index contributed by atoms with van der Waals surface area (Å²) >= 11 is 0. The van der Waals surface area contributed by atoms with E-state index in [9.17, 15) is 14.7 Å². The van der Waals surface area contributed by atoms with E-state index in [1.54, 1.807) is 6.07 Å². The molecule has 188 valence electrons. The van der Waals surface area contributed by atoms with Gasteiger partial charge in [-0.25, -0.2) is 4.79 Å². The van der Waals surface area contributed by atoms with E-state index in [1.807, 2.05) is 69.3 Å². The smallest absolute Gasteiger partial charge is 0.326 e. The molecule has 0 aliphatic carbocycles. The van der Waals surface area contributed by atoms with Crippen LogP contribution in [0, 0.1) is 6.92 Å². The summed E-state index contributed by atoms with van der Waals surface area (Å²) in [7, 11) is 0. The quantitative estimate of drug-likeness (QED) is 0.374. The van der Waals surface area contributed by atoms with Gasteiger partial charge in [-0.2, -0.15) is 0 Å². The molecule has 0 fully saturated rings. The van der Waals surface area contributed by atoms with Crippen LogP contribution in [0.15, 0.2) is 60.7 Å². The minimum Gasteiger partial charge on any atom is -0.493 e. The van der Waals surface area contributed by atoms with Crippen LogP contribution in [-0.2, 0) is 22.6 Å². The first-order valence-corrected chi connectivity index (χ1v) is 12.5. The van der Waals surface area contributed by atoms with Gasteiger partial charge in [0, 0.05) is 12.0 Å². The number of hydrogen-bond donors (Lipinski definition) is 2. The van der Waals surface area contributed by atoms with E-state index in [4.69, 9.17) is 9.47 Å². The Balaban J connectivity index is 1.57. The second-order valence-electron chi connectivity index (χ2n) is 9.27. The van der Waals surface area contributed by atoms with E-state index in [0.717, 1.165) is 46.6 Å². The number of aliphatic carboxylic acids is 1. The Hall–Kier alpha value is -3.64. The third-order valence-electron chi connectivity index (χ3n) is 6.63. The highest BCUT2D eigenvalue weighted by Crippen LogP contribution is 2.31. The van der Waals surface area contributed by atoms with Crippen molar-refractivity contribution in [1.29, 1.82) is 0 Å². The van der Waals surface area contributed by atoms with Gasteiger partial charge >= 0.3 is 5.97 Å². The van der Waals surface area contributed by atoms with Gasteiger partial charge in [0.2, 0.25) is 0 Å². The lowest BCUT2D eigenvalue weighted by atomic mass is 9.93. The number of aryl methyl sites for hydroxylation is 1.